The summed E-state index contributed by atoms with van der Waals surface area (Å²) in [4.78, 5) is 10.6. The molecular weight excluding hydrogens is 709 g/mol. The summed E-state index contributed by atoms with van der Waals surface area (Å²) in [6, 6.07) is 69.2. The maximum atomic E-state index is 7.26. The Morgan fingerprint density at radius 3 is 1.76 bits per heavy atom. The van der Waals surface area contributed by atoms with Gasteiger partial charge in [0.15, 0.2) is 0 Å². The topological polar surface area (TPSA) is 44.9 Å². The molecule has 1 atom stereocenters. The number of nitrogens with zero attached hydrogens (tertiary/aromatic N) is 4. The summed E-state index contributed by atoms with van der Waals surface area (Å²) in [6.07, 6.45) is 0. The highest BCUT2D eigenvalue weighted by Crippen LogP contribution is 2.62. The van der Waals surface area contributed by atoms with Gasteiger partial charge in [0, 0.05) is 38.4 Å². The fraction of sp³-hybridized carbons (Fsp3) is 0.0189. The van der Waals surface area contributed by atoms with Crippen LogP contribution in [0.1, 0.15) is 22.3 Å². The molecule has 3 aromatic heterocycles. The highest BCUT2D eigenvalue weighted by Gasteiger charge is 2.51. The Morgan fingerprint density at radius 2 is 1.00 bits per heavy atom. The van der Waals surface area contributed by atoms with E-state index in [1.807, 2.05) is 12.1 Å². The van der Waals surface area contributed by atoms with E-state index in [1.54, 1.807) is 0 Å². The van der Waals surface area contributed by atoms with Crippen LogP contribution in [0, 0.1) is 0 Å². The number of rotatable bonds is 3. The second kappa shape index (κ2) is 11.6. The van der Waals surface area contributed by atoms with Gasteiger partial charge in [-0.15, -0.1) is 0 Å². The van der Waals surface area contributed by atoms with Gasteiger partial charge < -0.3 is 9.30 Å². The van der Waals surface area contributed by atoms with Gasteiger partial charge in [0.1, 0.15) is 11.5 Å². The van der Waals surface area contributed by atoms with Gasteiger partial charge >= 0.3 is 0 Å². The van der Waals surface area contributed by atoms with Crippen molar-refractivity contribution >= 4 is 43.6 Å². The van der Waals surface area contributed by atoms with Gasteiger partial charge in [-0.1, -0.05) is 158 Å². The molecule has 58 heavy (non-hydrogen) atoms. The average molecular weight is 741 g/mol. The summed E-state index contributed by atoms with van der Waals surface area (Å²) in [7, 11) is 0. The molecular formula is C53H32N4O. The van der Waals surface area contributed by atoms with Crippen LogP contribution >= 0.6 is 0 Å². The molecule has 0 amide bonds. The molecule has 5 nitrogen and oxygen atoms in total. The quantitative estimate of drug-likeness (QED) is 0.181. The Bertz CT molecular complexity index is 3430. The predicted octanol–water partition coefficient (Wildman–Crippen LogP) is 12.8. The zero-order chi connectivity index (χ0) is 38.0. The van der Waals surface area contributed by atoms with Crippen molar-refractivity contribution in [1.82, 2.24) is 19.1 Å². The lowest BCUT2D eigenvalue weighted by Crippen LogP contribution is -2.37. The lowest BCUT2D eigenvalue weighted by atomic mass is 9.61. The Labute approximate surface area is 333 Å². The molecule has 0 saturated carbocycles. The number of hydrogen-bond acceptors (Lipinski definition) is 3. The van der Waals surface area contributed by atoms with Crippen LogP contribution in [-0.4, -0.2) is 19.1 Å². The summed E-state index contributed by atoms with van der Waals surface area (Å²) < 4.78 is 12.0. The molecule has 8 aromatic carbocycles. The fourth-order valence-corrected chi connectivity index (χ4v) is 10.1. The second-order valence-electron chi connectivity index (χ2n) is 15.3. The van der Waals surface area contributed by atoms with Gasteiger partial charge in [-0.05, 0) is 47.5 Å². The summed E-state index contributed by atoms with van der Waals surface area (Å²) in [5.74, 6) is 2.31. The standard InChI is InChI=1S/C53H32N4O/c1-3-16-33(17-4-1)42-32-43(34-18-5-2-6-19-34)55-52(54-42)57-45-27-12-8-21-37(45)49-47(57)31-30-41-51(49)58-48-29-14-10-24-39(48)53(41)38-23-9-13-28-46(38)56-44-26-11-7-20-35(44)36-22-15-25-40(53)50(36)56/h1-32H. The van der Waals surface area contributed by atoms with Crippen LogP contribution in [-0.2, 0) is 5.41 Å². The minimum absolute atomic E-state index is 0.606. The normalized spacial score (nSPS) is 15.1. The van der Waals surface area contributed by atoms with Crippen LogP contribution in [0.4, 0.5) is 0 Å². The summed E-state index contributed by atoms with van der Waals surface area (Å²) >= 11 is 0. The number of ether oxygens (including phenoxy) is 1. The van der Waals surface area contributed by atoms with Crippen LogP contribution in [0.2, 0.25) is 0 Å². The Hall–Kier alpha value is -7.76. The third-order valence-corrected chi connectivity index (χ3v) is 12.4. The number of para-hydroxylation sites is 5. The van der Waals surface area contributed by atoms with Gasteiger partial charge in [0.25, 0.3) is 0 Å². The number of aromatic nitrogens is 4. The van der Waals surface area contributed by atoms with E-state index in [2.05, 4.69) is 191 Å². The summed E-state index contributed by atoms with van der Waals surface area (Å²) in [5.41, 5.74) is 13.4. The van der Waals surface area contributed by atoms with E-state index in [9.17, 15) is 0 Å². The van der Waals surface area contributed by atoms with E-state index in [-0.39, 0.29) is 0 Å². The Kier molecular flexibility index (Phi) is 6.31. The van der Waals surface area contributed by atoms with Crippen molar-refractivity contribution < 1.29 is 4.74 Å². The molecule has 13 rings (SSSR count). The molecule has 0 bridgehead atoms. The van der Waals surface area contributed by atoms with Gasteiger partial charge in [0.2, 0.25) is 5.95 Å². The third kappa shape index (κ3) is 4.04. The first-order valence-electron chi connectivity index (χ1n) is 19.8. The molecule has 2 aliphatic heterocycles. The lowest BCUT2D eigenvalue weighted by molar-refractivity contribution is 0.439. The molecule has 0 N–H and O–H groups in total. The highest BCUT2D eigenvalue weighted by atomic mass is 16.5. The molecule has 11 aromatic rings. The van der Waals surface area contributed by atoms with E-state index in [4.69, 9.17) is 14.7 Å². The maximum Gasteiger partial charge on any atom is 0.235 e. The summed E-state index contributed by atoms with van der Waals surface area (Å²) in [5, 5.41) is 4.61. The van der Waals surface area contributed by atoms with Crippen LogP contribution in [0.15, 0.2) is 194 Å². The molecule has 0 aliphatic carbocycles. The molecule has 0 radical (unpaired) electrons. The van der Waals surface area contributed by atoms with Crippen LogP contribution in [0.3, 0.4) is 0 Å². The monoisotopic (exact) mass is 740 g/mol. The lowest BCUT2D eigenvalue weighted by Gasteiger charge is -2.45. The highest BCUT2D eigenvalue weighted by molar-refractivity contribution is 6.15. The van der Waals surface area contributed by atoms with Crippen molar-refractivity contribution in [2.24, 2.45) is 0 Å². The predicted molar refractivity (Wildman–Crippen MR) is 234 cm³/mol. The van der Waals surface area contributed by atoms with Gasteiger partial charge in [0.05, 0.1) is 49.9 Å². The Balaban J connectivity index is 1.16. The van der Waals surface area contributed by atoms with E-state index >= 15 is 0 Å². The van der Waals surface area contributed by atoms with Crippen LogP contribution in [0.25, 0.3) is 77.8 Å². The molecule has 2 aliphatic rings. The molecule has 0 fully saturated rings. The first-order valence-corrected chi connectivity index (χ1v) is 19.8. The molecule has 5 heterocycles. The zero-order valence-corrected chi connectivity index (χ0v) is 31.2. The maximum absolute atomic E-state index is 7.26. The zero-order valence-electron chi connectivity index (χ0n) is 31.2. The molecule has 1 unspecified atom stereocenters. The van der Waals surface area contributed by atoms with Crippen molar-refractivity contribution in [2.75, 3.05) is 0 Å². The SMILES string of the molecule is c1ccc(-c2cc(-c3ccccc3)nc(-n3c4ccccc4c4c5c(ccc43)C3(c4ccccc4O5)c4ccccc4-n4c5ccccc5c5cccc3c54)n2)cc1. The minimum atomic E-state index is -0.674. The van der Waals surface area contributed by atoms with Gasteiger partial charge in [-0.25, -0.2) is 9.97 Å². The molecule has 1 spiro atoms. The van der Waals surface area contributed by atoms with Crippen molar-refractivity contribution in [1.29, 1.82) is 0 Å². The minimum Gasteiger partial charge on any atom is -0.456 e. The first-order chi connectivity index (χ1) is 28.8. The molecule has 270 valence electrons. The molecule has 5 heteroatoms. The Morgan fingerprint density at radius 1 is 0.414 bits per heavy atom. The second-order valence-corrected chi connectivity index (χ2v) is 15.3. The van der Waals surface area contributed by atoms with E-state index in [0.29, 0.717) is 5.95 Å². The van der Waals surface area contributed by atoms with Crippen LogP contribution in [0.5, 0.6) is 11.5 Å². The number of fused-ring (bicyclic) bond motifs is 15. The van der Waals surface area contributed by atoms with Gasteiger partial charge in [-0.2, -0.15) is 0 Å². The van der Waals surface area contributed by atoms with Crippen molar-refractivity contribution in [3.05, 3.63) is 216 Å². The largest absolute Gasteiger partial charge is 0.456 e. The van der Waals surface area contributed by atoms with Crippen molar-refractivity contribution in [3.63, 3.8) is 0 Å². The smallest absolute Gasteiger partial charge is 0.235 e. The van der Waals surface area contributed by atoms with Crippen molar-refractivity contribution in [3.8, 4) is 45.6 Å². The van der Waals surface area contributed by atoms with E-state index < -0.39 is 5.41 Å². The third-order valence-electron chi connectivity index (χ3n) is 12.4. The summed E-state index contributed by atoms with van der Waals surface area (Å²) in [6.45, 7) is 0. The molecule has 0 saturated heterocycles. The van der Waals surface area contributed by atoms with Crippen molar-refractivity contribution in [2.45, 2.75) is 5.41 Å². The average Bonchev–Trinajstić information content (AvgIpc) is 3.82. The van der Waals surface area contributed by atoms with Crippen LogP contribution < -0.4 is 4.74 Å². The fourth-order valence-electron chi connectivity index (χ4n) is 10.1. The first kappa shape index (κ1) is 31.4. The van der Waals surface area contributed by atoms with E-state index in [0.717, 1.165) is 66.9 Å². The number of benzene rings is 8. The van der Waals surface area contributed by atoms with E-state index in [1.165, 1.54) is 38.6 Å². The van der Waals surface area contributed by atoms with Gasteiger partial charge in [-0.3, -0.25) is 4.57 Å². The number of hydrogen-bond donors (Lipinski definition) is 0.